The van der Waals surface area contributed by atoms with Crippen LogP contribution >= 0.6 is 0 Å². The zero-order valence-electron chi connectivity index (χ0n) is 13.0. The molecule has 2 N–H and O–H groups in total. The summed E-state index contributed by atoms with van der Waals surface area (Å²) >= 11 is 0. The first-order valence-corrected chi connectivity index (χ1v) is 7.95. The molecule has 2 aromatic rings. The average molecular weight is 307 g/mol. The topological polar surface area (TPSA) is 49.3 Å². The molecule has 0 fully saturated rings. The summed E-state index contributed by atoms with van der Waals surface area (Å²) in [6.45, 7) is 0.277. The molecule has 2 aromatic carbocycles. The van der Waals surface area contributed by atoms with Crippen molar-refractivity contribution in [1.82, 2.24) is 5.32 Å². The standard InChI is InChI=1S/C20H21NO2/c22-19(11-10-16-6-2-1-3-7-16)21-15-20(23)13-12-17-8-4-5-9-18(17)14-20/h1-11,23H,12-15H2,(H,21,22)/b11-10+/t20-/m0/s1. The van der Waals surface area contributed by atoms with E-state index >= 15 is 0 Å². The monoisotopic (exact) mass is 307 g/mol. The summed E-state index contributed by atoms with van der Waals surface area (Å²) in [5.74, 6) is -0.180. The quantitative estimate of drug-likeness (QED) is 0.853. The van der Waals surface area contributed by atoms with Gasteiger partial charge in [-0.25, -0.2) is 0 Å². The van der Waals surface area contributed by atoms with Crippen LogP contribution in [0.4, 0.5) is 0 Å². The van der Waals surface area contributed by atoms with Gasteiger partial charge in [0.25, 0.3) is 0 Å². The van der Waals surface area contributed by atoms with E-state index in [0.29, 0.717) is 12.8 Å². The fourth-order valence-electron chi connectivity index (χ4n) is 2.98. The highest BCUT2D eigenvalue weighted by molar-refractivity contribution is 5.91. The Morgan fingerprint density at radius 2 is 1.78 bits per heavy atom. The molecule has 3 heteroatoms. The normalized spacial score (nSPS) is 20.2. The van der Waals surface area contributed by atoms with Crippen LogP contribution in [0.15, 0.2) is 60.7 Å². The maximum absolute atomic E-state index is 11.9. The van der Waals surface area contributed by atoms with E-state index in [1.54, 1.807) is 6.08 Å². The minimum Gasteiger partial charge on any atom is -0.388 e. The number of amides is 1. The second kappa shape index (κ2) is 6.80. The van der Waals surface area contributed by atoms with Gasteiger partial charge in [-0.15, -0.1) is 0 Å². The van der Waals surface area contributed by atoms with Crippen molar-refractivity contribution in [2.45, 2.75) is 24.9 Å². The van der Waals surface area contributed by atoms with E-state index in [1.807, 2.05) is 42.5 Å². The Morgan fingerprint density at radius 3 is 2.57 bits per heavy atom. The molecule has 0 aromatic heterocycles. The van der Waals surface area contributed by atoms with E-state index in [4.69, 9.17) is 0 Å². The lowest BCUT2D eigenvalue weighted by Crippen LogP contribution is -2.46. The van der Waals surface area contributed by atoms with Crippen LogP contribution in [0.2, 0.25) is 0 Å². The first-order chi connectivity index (χ1) is 11.1. The van der Waals surface area contributed by atoms with Gasteiger partial charge in [0.1, 0.15) is 0 Å². The lowest BCUT2D eigenvalue weighted by atomic mass is 9.80. The largest absolute Gasteiger partial charge is 0.388 e. The Morgan fingerprint density at radius 1 is 1.09 bits per heavy atom. The summed E-state index contributed by atoms with van der Waals surface area (Å²) < 4.78 is 0. The number of fused-ring (bicyclic) bond motifs is 1. The van der Waals surface area contributed by atoms with Crippen molar-refractivity contribution in [2.24, 2.45) is 0 Å². The number of aryl methyl sites for hydroxylation is 1. The zero-order chi connectivity index (χ0) is 16.1. The second-order valence-corrected chi connectivity index (χ2v) is 6.13. The first-order valence-electron chi connectivity index (χ1n) is 7.95. The third-order valence-electron chi connectivity index (χ3n) is 4.32. The SMILES string of the molecule is O=C(/C=C/c1ccccc1)NC[C@]1(O)CCc2ccccc2C1. The van der Waals surface area contributed by atoms with Crippen molar-refractivity contribution < 1.29 is 9.90 Å². The van der Waals surface area contributed by atoms with E-state index in [-0.39, 0.29) is 12.5 Å². The molecule has 0 unspecified atom stereocenters. The molecule has 0 saturated heterocycles. The summed E-state index contributed by atoms with van der Waals surface area (Å²) in [6, 6.07) is 17.9. The number of rotatable bonds is 4. The minimum absolute atomic E-state index is 0.180. The molecule has 1 aliphatic rings. The molecular weight excluding hydrogens is 286 g/mol. The highest BCUT2D eigenvalue weighted by atomic mass is 16.3. The van der Waals surface area contributed by atoms with E-state index < -0.39 is 5.60 Å². The number of hydrogen-bond acceptors (Lipinski definition) is 2. The molecule has 1 aliphatic carbocycles. The van der Waals surface area contributed by atoms with Crippen LogP contribution in [0.1, 0.15) is 23.1 Å². The first kappa shape index (κ1) is 15.5. The molecule has 3 nitrogen and oxygen atoms in total. The highest BCUT2D eigenvalue weighted by Gasteiger charge is 2.31. The Hall–Kier alpha value is -2.39. The predicted molar refractivity (Wildman–Crippen MR) is 91.9 cm³/mol. The number of carbonyl (C=O) groups excluding carboxylic acids is 1. The molecule has 1 amide bonds. The van der Waals surface area contributed by atoms with E-state index in [1.165, 1.54) is 17.2 Å². The molecule has 1 atom stereocenters. The lowest BCUT2D eigenvalue weighted by Gasteiger charge is -2.33. The Kier molecular flexibility index (Phi) is 4.58. The number of hydrogen-bond donors (Lipinski definition) is 2. The van der Waals surface area contributed by atoms with Crippen LogP contribution in [0, 0.1) is 0 Å². The number of carbonyl (C=O) groups is 1. The van der Waals surface area contributed by atoms with Gasteiger partial charge in [-0.2, -0.15) is 0 Å². The molecule has 0 spiro atoms. The molecule has 0 aliphatic heterocycles. The van der Waals surface area contributed by atoms with Crippen LogP contribution in [0.25, 0.3) is 6.08 Å². The molecule has 23 heavy (non-hydrogen) atoms. The maximum atomic E-state index is 11.9. The molecule has 0 radical (unpaired) electrons. The highest BCUT2D eigenvalue weighted by Crippen LogP contribution is 2.28. The smallest absolute Gasteiger partial charge is 0.244 e. The van der Waals surface area contributed by atoms with Crippen molar-refractivity contribution in [3.8, 4) is 0 Å². The van der Waals surface area contributed by atoms with Crippen LogP contribution in [-0.2, 0) is 17.6 Å². The number of benzene rings is 2. The van der Waals surface area contributed by atoms with Gasteiger partial charge >= 0.3 is 0 Å². The third-order valence-corrected chi connectivity index (χ3v) is 4.32. The molecule has 0 saturated carbocycles. The van der Waals surface area contributed by atoms with E-state index in [2.05, 4.69) is 17.4 Å². The van der Waals surface area contributed by atoms with Gasteiger partial charge in [-0.05, 0) is 35.6 Å². The number of nitrogens with one attached hydrogen (secondary N) is 1. The molecular formula is C20H21NO2. The Bertz CT molecular complexity index is 709. The Balaban J connectivity index is 1.56. The van der Waals surface area contributed by atoms with Gasteiger partial charge in [-0.1, -0.05) is 54.6 Å². The summed E-state index contributed by atoms with van der Waals surface area (Å²) in [5.41, 5.74) is 2.60. The van der Waals surface area contributed by atoms with E-state index in [9.17, 15) is 9.90 Å². The van der Waals surface area contributed by atoms with Crippen molar-refractivity contribution in [3.63, 3.8) is 0 Å². The van der Waals surface area contributed by atoms with Gasteiger partial charge in [0, 0.05) is 19.0 Å². The fraction of sp³-hybridized carbons (Fsp3) is 0.250. The van der Waals surface area contributed by atoms with Crippen LogP contribution in [-0.4, -0.2) is 23.2 Å². The minimum atomic E-state index is -0.857. The van der Waals surface area contributed by atoms with Gasteiger partial charge in [-0.3, -0.25) is 4.79 Å². The summed E-state index contributed by atoms with van der Waals surface area (Å²) in [4.78, 5) is 11.9. The van der Waals surface area contributed by atoms with Crippen molar-refractivity contribution in [3.05, 3.63) is 77.4 Å². The van der Waals surface area contributed by atoms with Gasteiger partial charge in [0.15, 0.2) is 0 Å². The molecule has 0 bridgehead atoms. The molecule has 3 rings (SSSR count). The summed E-state index contributed by atoms with van der Waals surface area (Å²) in [7, 11) is 0. The summed E-state index contributed by atoms with van der Waals surface area (Å²) in [5, 5.41) is 13.5. The number of aliphatic hydroxyl groups is 1. The van der Waals surface area contributed by atoms with Crippen molar-refractivity contribution in [1.29, 1.82) is 0 Å². The maximum Gasteiger partial charge on any atom is 0.244 e. The van der Waals surface area contributed by atoms with Crippen molar-refractivity contribution >= 4 is 12.0 Å². The molecule has 118 valence electrons. The second-order valence-electron chi connectivity index (χ2n) is 6.13. The molecule has 0 heterocycles. The van der Waals surface area contributed by atoms with Crippen LogP contribution in [0.3, 0.4) is 0 Å². The van der Waals surface area contributed by atoms with Crippen LogP contribution in [0.5, 0.6) is 0 Å². The fourth-order valence-corrected chi connectivity index (χ4v) is 2.98. The predicted octanol–water partition coefficient (Wildman–Crippen LogP) is 2.74. The summed E-state index contributed by atoms with van der Waals surface area (Å²) in [6.07, 6.45) is 5.39. The zero-order valence-corrected chi connectivity index (χ0v) is 13.0. The van der Waals surface area contributed by atoms with Gasteiger partial charge < -0.3 is 10.4 Å². The Labute approximate surface area is 136 Å². The van der Waals surface area contributed by atoms with Crippen LogP contribution < -0.4 is 5.32 Å². The lowest BCUT2D eigenvalue weighted by molar-refractivity contribution is -0.117. The van der Waals surface area contributed by atoms with Gasteiger partial charge in [0.2, 0.25) is 5.91 Å². The van der Waals surface area contributed by atoms with E-state index in [0.717, 1.165) is 12.0 Å². The van der Waals surface area contributed by atoms with Crippen molar-refractivity contribution in [2.75, 3.05) is 6.54 Å². The third kappa shape index (κ3) is 4.08. The van der Waals surface area contributed by atoms with Gasteiger partial charge in [0.05, 0.1) is 5.60 Å². The average Bonchev–Trinajstić information content (AvgIpc) is 2.59.